The number of benzene rings is 1. The molecule has 1 unspecified atom stereocenters. The standard InChI is InChI=1S/C22H31N5O4/c1-3-24-22(25-14-18-8-9-20(31-18)21(23)28)26-15-19(27-10-12-30-13-11-27)16-4-6-17(29-2)7-5-16/h4-9,19H,3,10-15H2,1-2H3,(H2,23,28)(H2,24,25,26). The monoisotopic (exact) mass is 429 g/mol. The van der Waals surface area contributed by atoms with Gasteiger partial charge in [-0.25, -0.2) is 4.99 Å². The van der Waals surface area contributed by atoms with E-state index in [2.05, 4.69) is 32.7 Å². The minimum Gasteiger partial charge on any atom is -0.497 e. The smallest absolute Gasteiger partial charge is 0.284 e. The number of hydrogen-bond acceptors (Lipinski definition) is 6. The summed E-state index contributed by atoms with van der Waals surface area (Å²) in [7, 11) is 1.67. The number of hydrogen-bond donors (Lipinski definition) is 3. The molecule has 0 bridgehead atoms. The highest BCUT2D eigenvalue weighted by Crippen LogP contribution is 2.23. The number of morpholine rings is 1. The SMILES string of the molecule is CCNC(=NCc1ccc(C(N)=O)o1)NCC(c1ccc(OC)cc1)N1CCOCC1. The topological polar surface area (TPSA) is 114 Å². The van der Waals surface area contributed by atoms with Crippen molar-refractivity contribution >= 4 is 11.9 Å². The molecule has 1 aromatic carbocycles. The Morgan fingerprint density at radius 1 is 1.19 bits per heavy atom. The van der Waals surface area contributed by atoms with Crippen molar-refractivity contribution in [3.8, 4) is 5.75 Å². The van der Waals surface area contributed by atoms with Gasteiger partial charge in [-0.2, -0.15) is 0 Å². The van der Waals surface area contributed by atoms with Crippen molar-refractivity contribution in [2.45, 2.75) is 19.5 Å². The number of primary amides is 1. The number of amides is 1. The summed E-state index contributed by atoms with van der Waals surface area (Å²) < 4.78 is 16.2. The van der Waals surface area contributed by atoms with E-state index < -0.39 is 5.91 Å². The Labute approximate surface area is 182 Å². The van der Waals surface area contributed by atoms with Crippen LogP contribution >= 0.6 is 0 Å². The Hall–Kier alpha value is -3.04. The third-order valence-corrected chi connectivity index (χ3v) is 5.09. The van der Waals surface area contributed by atoms with Gasteiger partial charge in [0, 0.05) is 26.2 Å². The Balaban J connectivity index is 1.70. The van der Waals surface area contributed by atoms with Gasteiger partial charge in [0.2, 0.25) is 0 Å². The van der Waals surface area contributed by atoms with Crippen LogP contribution in [0.3, 0.4) is 0 Å². The number of nitrogens with two attached hydrogens (primary N) is 1. The van der Waals surface area contributed by atoms with Crippen molar-refractivity contribution in [2.24, 2.45) is 10.7 Å². The highest BCUT2D eigenvalue weighted by molar-refractivity contribution is 5.89. The lowest BCUT2D eigenvalue weighted by molar-refractivity contribution is 0.0170. The first kappa shape index (κ1) is 22.6. The molecule has 0 aliphatic carbocycles. The summed E-state index contributed by atoms with van der Waals surface area (Å²) in [5.41, 5.74) is 6.44. The first-order chi connectivity index (χ1) is 15.1. The summed E-state index contributed by atoms with van der Waals surface area (Å²) in [6.07, 6.45) is 0. The molecule has 2 heterocycles. The number of methoxy groups -OCH3 is 1. The molecule has 9 heteroatoms. The summed E-state index contributed by atoms with van der Waals surface area (Å²) in [5, 5.41) is 6.69. The van der Waals surface area contributed by atoms with Crippen LogP contribution < -0.4 is 21.1 Å². The van der Waals surface area contributed by atoms with Gasteiger partial charge in [-0.15, -0.1) is 0 Å². The number of guanidine groups is 1. The zero-order chi connectivity index (χ0) is 22.1. The molecule has 1 saturated heterocycles. The Morgan fingerprint density at radius 3 is 2.55 bits per heavy atom. The van der Waals surface area contributed by atoms with E-state index in [0.29, 0.717) is 24.8 Å². The maximum Gasteiger partial charge on any atom is 0.284 e. The molecule has 1 atom stereocenters. The molecule has 168 valence electrons. The van der Waals surface area contributed by atoms with Crippen molar-refractivity contribution in [1.82, 2.24) is 15.5 Å². The van der Waals surface area contributed by atoms with E-state index in [9.17, 15) is 4.79 Å². The van der Waals surface area contributed by atoms with Crippen molar-refractivity contribution in [1.29, 1.82) is 0 Å². The van der Waals surface area contributed by atoms with Gasteiger partial charge >= 0.3 is 0 Å². The van der Waals surface area contributed by atoms with Crippen LogP contribution in [0, 0.1) is 0 Å². The number of aliphatic imine (C=N–C) groups is 1. The minimum absolute atomic E-state index is 0.134. The zero-order valence-corrected chi connectivity index (χ0v) is 18.1. The van der Waals surface area contributed by atoms with E-state index in [1.54, 1.807) is 19.2 Å². The number of furan rings is 1. The Morgan fingerprint density at radius 2 is 1.94 bits per heavy atom. The second-order valence-corrected chi connectivity index (χ2v) is 7.14. The van der Waals surface area contributed by atoms with E-state index in [4.69, 9.17) is 19.6 Å². The fourth-order valence-electron chi connectivity index (χ4n) is 3.46. The van der Waals surface area contributed by atoms with Crippen molar-refractivity contribution in [3.05, 3.63) is 53.5 Å². The van der Waals surface area contributed by atoms with Crippen LogP contribution in [0.4, 0.5) is 0 Å². The third kappa shape index (κ3) is 6.47. The molecular weight excluding hydrogens is 398 g/mol. The molecule has 4 N–H and O–H groups in total. The third-order valence-electron chi connectivity index (χ3n) is 5.09. The van der Waals surface area contributed by atoms with Gasteiger partial charge in [-0.3, -0.25) is 9.69 Å². The van der Waals surface area contributed by atoms with Crippen molar-refractivity contribution in [2.75, 3.05) is 46.5 Å². The van der Waals surface area contributed by atoms with Crippen LogP contribution in [0.25, 0.3) is 0 Å². The normalized spacial score (nSPS) is 16.0. The summed E-state index contributed by atoms with van der Waals surface area (Å²) in [6, 6.07) is 11.6. The first-order valence-corrected chi connectivity index (χ1v) is 10.5. The molecule has 1 aromatic heterocycles. The van der Waals surface area contributed by atoms with Gasteiger partial charge in [0.15, 0.2) is 11.7 Å². The van der Waals surface area contributed by atoms with E-state index >= 15 is 0 Å². The van der Waals surface area contributed by atoms with Gasteiger partial charge in [0.1, 0.15) is 18.1 Å². The highest BCUT2D eigenvalue weighted by Gasteiger charge is 2.23. The van der Waals surface area contributed by atoms with Crippen LogP contribution in [0.5, 0.6) is 5.75 Å². The fraction of sp³-hybridized carbons (Fsp3) is 0.455. The average molecular weight is 430 g/mol. The van der Waals surface area contributed by atoms with Crippen LogP contribution in [0.2, 0.25) is 0 Å². The average Bonchev–Trinajstić information content (AvgIpc) is 3.28. The van der Waals surface area contributed by atoms with E-state index in [-0.39, 0.29) is 11.8 Å². The van der Waals surface area contributed by atoms with Crippen LogP contribution in [-0.2, 0) is 11.3 Å². The summed E-state index contributed by atoms with van der Waals surface area (Å²) in [4.78, 5) is 18.2. The number of ether oxygens (including phenoxy) is 2. The highest BCUT2D eigenvalue weighted by atomic mass is 16.5. The number of carbonyl (C=O) groups excluding carboxylic acids is 1. The molecule has 3 rings (SSSR count). The molecule has 1 amide bonds. The largest absolute Gasteiger partial charge is 0.497 e. The molecule has 1 aliphatic heterocycles. The number of rotatable bonds is 9. The number of nitrogens with zero attached hydrogens (tertiary/aromatic N) is 2. The van der Waals surface area contributed by atoms with Crippen molar-refractivity contribution in [3.63, 3.8) is 0 Å². The van der Waals surface area contributed by atoms with Gasteiger partial charge < -0.3 is 30.3 Å². The number of nitrogens with one attached hydrogen (secondary N) is 2. The lowest BCUT2D eigenvalue weighted by Gasteiger charge is -2.35. The minimum atomic E-state index is -0.590. The molecule has 0 spiro atoms. The summed E-state index contributed by atoms with van der Waals surface area (Å²) in [6.45, 7) is 6.89. The van der Waals surface area contributed by atoms with E-state index in [0.717, 1.165) is 38.6 Å². The molecule has 9 nitrogen and oxygen atoms in total. The molecule has 1 fully saturated rings. The maximum absolute atomic E-state index is 11.2. The molecule has 0 radical (unpaired) electrons. The quantitative estimate of drug-likeness (QED) is 0.409. The van der Waals surface area contributed by atoms with Gasteiger partial charge in [0.05, 0.1) is 26.4 Å². The molecule has 1 aliphatic rings. The Bertz CT molecular complexity index is 859. The zero-order valence-electron chi connectivity index (χ0n) is 18.1. The predicted molar refractivity (Wildman–Crippen MR) is 118 cm³/mol. The van der Waals surface area contributed by atoms with E-state index in [1.165, 1.54) is 5.56 Å². The van der Waals surface area contributed by atoms with Gasteiger partial charge in [0.25, 0.3) is 5.91 Å². The summed E-state index contributed by atoms with van der Waals surface area (Å²) in [5.74, 6) is 1.63. The van der Waals surface area contributed by atoms with Crippen LogP contribution in [0.1, 0.15) is 34.8 Å². The van der Waals surface area contributed by atoms with Gasteiger partial charge in [-0.05, 0) is 36.8 Å². The summed E-state index contributed by atoms with van der Waals surface area (Å²) >= 11 is 0. The Kier molecular flexibility index (Phi) is 8.31. The van der Waals surface area contributed by atoms with Crippen LogP contribution in [0.15, 0.2) is 45.8 Å². The molecule has 2 aromatic rings. The number of carbonyl (C=O) groups is 1. The molecule has 31 heavy (non-hydrogen) atoms. The van der Waals surface area contributed by atoms with Gasteiger partial charge in [-0.1, -0.05) is 12.1 Å². The lowest BCUT2D eigenvalue weighted by Crippen LogP contribution is -2.46. The molecular formula is C22H31N5O4. The first-order valence-electron chi connectivity index (χ1n) is 10.5. The maximum atomic E-state index is 11.2. The lowest BCUT2D eigenvalue weighted by atomic mass is 10.0. The molecule has 0 saturated carbocycles. The van der Waals surface area contributed by atoms with E-state index in [1.807, 2.05) is 19.1 Å². The fourth-order valence-corrected chi connectivity index (χ4v) is 3.46. The predicted octanol–water partition coefficient (Wildman–Crippen LogP) is 1.52. The van der Waals surface area contributed by atoms with Crippen molar-refractivity contribution < 1.29 is 18.7 Å². The second-order valence-electron chi connectivity index (χ2n) is 7.14. The van der Waals surface area contributed by atoms with Crippen LogP contribution in [-0.4, -0.2) is 63.3 Å². The second kappa shape index (κ2) is 11.4.